The van der Waals surface area contributed by atoms with Gasteiger partial charge in [-0.25, -0.2) is 0 Å². The molecule has 0 aliphatic heterocycles. The number of aromatic nitrogens is 3. The van der Waals surface area contributed by atoms with Gasteiger partial charge in [0.2, 0.25) is 11.8 Å². The van der Waals surface area contributed by atoms with Gasteiger partial charge in [0, 0.05) is 19.2 Å². The van der Waals surface area contributed by atoms with E-state index in [1.807, 2.05) is 38.1 Å². The number of carbonyl (C=O) groups is 2. The van der Waals surface area contributed by atoms with Crippen LogP contribution in [0.2, 0.25) is 0 Å². The summed E-state index contributed by atoms with van der Waals surface area (Å²) in [6, 6.07) is 7.84. The van der Waals surface area contributed by atoms with E-state index in [4.69, 9.17) is 12.2 Å². The van der Waals surface area contributed by atoms with Crippen molar-refractivity contribution < 1.29 is 9.59 Å². The van der Waals surface area contributed by atoms with Crippen molar-refractivity contribution in [1.29, 1.82) is 0 Å². The lowest BCUT2D eigenvalue weighted by atomic mass is 10.1. The fourth-order valence-corrected chi connectivity index (χ4v) is 2.63. The summed E-state index contributed by atoms with van der Waals surface area (Å²) < 4.78 is 2.04. The van der Waals surface area contributed by atoms with Crippen molar-refractivity contribution in [3.05, 3.63) is 34.6 Å². The van der Waals surface area contributed by atoms with E-state index >= 15 is 0 Å². The first-order valence-electron chi connectivity index (χ1n) is 8.16. The molecule has 7 nitrogen and oxygen atoms in total. The van der Waals surface area contributed by atoms with Gasteiger partial charge in [-0.2, -0.15) is 5.10 Å². The molecule has 2 amide bonds. The highest BCUT2D eigenvalue weighted by molar-refractivity contribution is 7.71. The monoisotopic (exact) mass is 361 g/mol. The van der Waals surface area contributed by atoms with Gasteiger partial charge in [-0.1, -0.05) is 36.8 Å². The van der Waals surface area contributed by atoms with E-state index in [1.165, 1.54) is 4.90 Å². The molecule has 1 heterocycles. The molecule has 25 heavy (non-hydrogen) atoms. The molecule has 0 atom stereocenters. The van der Waals surface area contributed by atoms with E-state index in [-0.39, 0.29) is 24.9 Å². The molecule has 0 radical (unpaired) electrons. The molecule has 1 aromatic carbocycles. The van der Waals surface area contributed by atoms with Gasteiger partial charge in [-0.3, -0.25) is 19.3 Å². The van der Waals surface area contributed by atoms with E-state index in [2.05, 4.69) is 15.5 Å². The van der Waals surface area contributed by atoms with Crippen LogP contribution < -0.4 is 5.32 Å². The Bertz CT molecular complexity index is 794. The Kier molecular flexibility index (Phi) is 6.46. The maximum absolute atomic E-state index is 12.7. The summed E-state index contributed by atoms with van der Waals surface area (Å²) in [5.41, 5.74) is 2.01. The standard InChI is InChI=1S/C17H23N5O2S/c1-4-9-21(10-14(23)18-3)15(24)11-22-16(19-20-17(22)25)13-7-5-12(2)6-8-13/h5-8H,4,9-11H2,1-3H3,(H,18,23)(H,20,25). The number of amides is 2. The van der Waals surface area contributed by atoms with Gasteiger partial charge in [0.05, 0.1) is 6.54 Å². The molecular weight excluding hydrogens is 338 g/mol. The first-order valence-corrected chi connectivity index (χ1v) is 8.57. The number of hydrogen-bond acceptors (Lipinski definition) is 4. The van der Waals surface area contributed by atoms with Crippen LogP contribution in [0.1, 0.15) is 18.9 Å². The quantitative estimate of drug-likeness (QED) is 0.738. The van der Waals surface area contributed by atoms with E-state index in [0.29, 0.717) is 17.1 Å². The van der Waals surface area contributed by atoms with Crippen molar-refractivity contribution >= 4 is 24.0 Å². The Morgan fingerprint density at radius 2 is 2.00 bits per heavy atom. The highest BCUT2D eigenvalue weighted by Gasteiger charge is 2.19. The molecule has 2 N–H and O–H groups in total. The number of H-pyrrole nitrogens is 1. The maximum atomic E-state index is 12.7. The average Bonchev–Trinajstić information content (AvgIpc) is 2.95. The minimum Gasteiger partial charge on any atom is -0.358 e. The molecule has 0 saturated carbocycles. The number of benzene rings is 1. The van der Waals surface area contributed by atoms with Crippen LogP contribution >= 0.6 is 12.2 Å². The lowest BCUT2D eigenvalue weighted by Crippen LogP contribution is -2.41. The van der Waals surface area contributed by atoms with E-state index in [0.717, 1.165) is 17.5 Å². The molecule has 0 aliphatic carbocycles. The summed E-state index contributed by atoms with van der Waals surface area (Å²) in [4.78, 5) is 25.9. The predicted molar refractivity (Wildman–Crippen MR) is 98.5 cm³/mol. The number of aryl methyl sites for hydroxylation is 1. The van der Waals surface area contributed by atoms with Gasteiger partial charge in [0.1, 0.15) is 6.54 Å². The lowest BCUT2D eigenvalue weighted by Gasteiger charge is -2.21. The molecule has 0 spiro atoms. The molecule has 0 fully saturated rings. The van der Waals surface area contributed by atoms with Crippen LogP contribution in [0.15, 0.2) is 24.3 Å². The van der Waals surface area contributed by atoms with Gasteiger partial charge < -0.3 is 10.2 Å². The van der Waals surface area contributed by atoms with Gasteiger partial charge in [-0.15, -0.1) is 0 Å². The number of aromatic amines is 1. The van der Waals surface area contributed by atoms with Crippen LogP contribution in [-0.2, 0) is 16.1 Å². The first kappa shape index (κ1) is 18.9. The van der Waals surface area contributed by atoms with Gasteiger partial charge in [0.15, 0.2) is 10.6 Å². The second-order valence-corrected chi connectivity index (χ2v) is 6.18. The Labute approximate surface area is 152 Å². The lowest BCUT2D eigenvalue weighted by molar-refractivity contribution is -0.136. The van der Waals surface area contributed by atoms with Crippen molar-refractivity contribution in [3.63, 3.8) is 0 Å². The van der Waals surface area contributed by atoms with E-state index in [9.17, 15) is 9.59 Å². The molecule has 1 aromatic heterocycles. The summed E-state index contributed by atoms with van der Waals surface area (Å²) in [6.45, 7) is 4.55. The molecular formula is C17H23N5O2S. The summed E-state index contributed by atoms with van der Waals surface area (Å²) in [5.74, 6) is 0.238. The van der Waals surface area contributed by atoms with Crippen LogP contribution in [0.3, 0.4) is 0 Å². The smallest absolute Gasteiger partial charge is 0.243 e. The van der Waals surface area contributed by atoms with Crippen molar-refractivity contribution in [3.8, 4) is 11.4 Å². The highest BCUT2D eigenvalue weighted by atomic mass is 32.1. The molecule has 0 unspecified atom stereocenters. The summed E-state index contributed by atoms with van der Waals surface area (Å²) >= 11 is 5.27. The fraction of sp³-hybridized carbons (Fsp3) is 0.412. The zero-order valence-corrected chi connectivity index (χ0v) is 15.5. The van der Waals surface area contributed by atoms with Crippen molar-refractivity contribution in [1.82, 2.24) is 25.0 Å². The largest absolute Gasteiger partial charge is 0.358 e. The number of likely N-dealkylation sites (N-methyl/N-ethyl adjacent to an activating group) is 1. The van der Waals surface area contributed by atoms with Gasteiger partial charge in [-0.05, 0) is 25.6 Å². The summed E-state index contributed by atoms with van der Waals surface area (Å²) in [7, 11) is 1.55. The number of nitrogens with zero attached hydrogens (tertiary/aromatic N) is 3. The zero-order valence-electron chi connectivity index (χ0n) is 14.7. The summed E-state index contributed by atoms with van der Waals surface area (Å²) in [5, 5.41) is 9.53. The van der Waals surface area contributed by atoms with Crippen LogP contribution in [0, 0.1) is 11.7 Å². The third-order valence-corrected chi connectivity index (χ3v) is 4.13. The Morgan fingerprint density at radius 3 is 2.60 bits per heavy atom. The minimum absolute atomic E-state index is 0.0359. The van der Waals surface area contributed by atoms with Crippen LogP contribution in [0.25, 0.3) is 11.4 Å². The summed E-state index contributed by atoms with van der Waals surface area (Å²) in [6.07, 6.45) is 0.768. The van der Waals surface area contributed by atoms with Crippen LogP contribution in [0.5, 0.6) is 0 Å². The van der Waals surface area contributed by atoms with E-state index in [1.54, 1.807) is 11.6 Å². The first-order chi connectivity index (χ1) is 12.0. The molecule has 2 aromatic rings. The van der Waals surface area contributed by atoms with Crippen molar-refractivity contribution in [2.45, 2.75) is 26.8 Å². The molecule has 134 valence electrons. The topological polar surface area (TPSA) is 83.0 Å². The number of nitrogens with one attached hydrogen (secondary N) is 2. The molecule has 0 aliphatic rings. The predicted octanol–water partition coefficient (Wildman–Crippen LogP) is 1.90. The second kappa shape index (κ2) is 8.57. The van der Waals surface area contributed by atoms with E-state index < -0.39 is 0 Å². The SMILES string of the molecule is CCCN(CC(=O)NC)C(=O)Cn1c(-c2ccc(C)cc2)n[nH]c1=S. The Morgan fingerprint density at radius 1 is 1.32 bits per heavy atom. The Hall–Kier alpha value is -2.48. The average molecular weight is 361 g/mol. The molecule has 0 saturated heterocycles. The maximum Gasteiger partial charge on any atom is 0.243 e. The third kappa shape index (κ3) is 4.76. The molecule has 0 bridgehead atoms. The molecule has 8 heteroatoms. The molecule has 2 rings (SSSR count). The van der Waals surface area contributed by atoms with Gasteiger partial charge in [0.25, 0.3) is 0 Å². The zero-order chi connectivity index (χ0) is 18.4. The van der Waals surface area contributed by atoms with Gasteiger partial charge >= 0.3 is 0 Å². The van der Waals surface area contributed by atoms with Crippen LogP contribution in [-0.4, -0.2) is 51.6 Å². The minimum atomic E-state index is -0.198. The Balaban J connectivity index is 2.25. The van der Waals surface area contributed by atoms with Crippen molar-refractivity contribution in [2.75, 3.05) is 20.1 Å². The highest BCUT2D eigenvalue weighted by Crippen LogP contribution is 2.18. The van der Waals surface area contributed by atoms with Crippen LogP contribution in [0.4, 0.5) is 0 Å². The van der Waals surface area contributed by atoms with Crippen molar-refractivity contribution in [2.24, 2.45) is 0 Å². The number of hydrogen-bond donors (Lipinski definition) is 2. The third-order valence-electron chi connectivity index (χ3n) is 3.82. The normalized spacial score (nSPS) is 10.5. The number of carbonyl (C=O) groups excluding carboxylic acids is 2. The fourth-order valence-electron chi connectivity index (χ4n) is 2.44. The second-order valence-electron chi connectivity index (χ2n) is 5.79. The number of rotatable bonds is 7.